The van der Waals surface area contributed by atoms with Gasteiger partial charge in [-0.15, -0.1) is 0 Å². The number of rotatable bonds is 4. The highest BCUT2D eigenvalue weighted by Crippen LogP contribution is 2.31. The molecular formula is C13H20BrFN2. The fourth-order valence-electron chi connectivity index (χ4n) is 1.78. The molecule has 4 heteroatoms. The van der Waals surface area contributed by atoms with Crippen LogP contribution in [0.25, 0.3) is 0 Å². The fourth-order valence-corrected chi connectivity index (χ4v) is 2.56. The van der Waals surface area contributed by atoms with E-state index in [1.807, 2.05) is 20.8 Å². The summed E-state index contributed by atoms with van der Waals surface area (Å²) < 4.78 is 14.9. The summed E-state index contributed by atoms with van der Waals surface area (Å²) in [6.07, 6.45) is 0. The van der Waals surface area contributed by atoms with Crippen molar-refractivity contribution in [1.29, 1.82) is 0 Å². The van der Waals surface area contributed by atoms with Crippen molar-refractivity contribution < 1.29 is 4.39 Å². The molecule has 0 amide bonds. The topological polar surface area (TPSA) is 24.9 Å². The van der Waals surface area contributed by atoms with E-state index in [2.05, 4.69) is 40.1 Å². The monoisotopic (exact) mass is 302 g/mol. The molecule has 0 aliphatic rings. The van der Waals surface area contributed by atoms with Crippen LogP contribution in [0.1, 0.15) is 50.4 Å². The second kappa shape index (κ2) is 5.91. The number of halogens is 2. The highest BCUT2D eigenvalue weighted by Gasteiger charge is 2.18. The minimum atomic E-state index is -0.359. The Balaban J connectivity index is 3.21. The predicted octanol–water partition coefficient (Wildman–Crippen LogP) is 3.91. The number of nitrogens with zero attached hydrogens (tertiary/aromatic N) is 1. The Bertz CT molecular complexity index is 403. The SMILES string of the molecule is Cc1nc(F)c(CNC(C)C)c(C(C)C)c1Br. The van der Waals surface area contributed by atoms with Crippen molar-refractivity contribution in [3.8, 4) is 0 Å². The summed E-state index contributed by atoms with van der Waals surface area (Å²) in [4.78, 5) is 3.94. The van der Waals surface area contributed by atoms with E-state index < -0.39 is 0 Å². The fraction of sp³-hybridized carbons (Fsp3) is 0.615. The van der Waals surface area contributed by atoms with Crippen LogP contribution >= 0.6 is 15.9 Å². The van der Waals surface area contributed by atoms with Crippen LogP contribution in [0.3, 0.4) is 0 Å². The van der Waals surface area contributed by atoms with Crippen molar-refractivity contribution in [2.75, 3.05) is 0 Å². The Morgan fingerprint density at radius 2 is 1.88 bits per heavy atom. The van der Waals surface area contributed by atoms with Gasteiger partial charge in [-0.1, -0.05) is 27.7 Å². The maximum absolute atomic E-state index is 13.9. The summed E-state index contributed by atoms with van der Waals surface area (Å²) in [6.45, 7) is 10.6. The molecule has 96 valence electrons. The maximum Gasteiger partial charge on any atom is 0.217 e. The van der Waals surface area contributed by atoms with Gasteiger partial charge in [0, 0.05) is 22.6 Å². The number of hydrogen-bond donors (Lipinski definition) is 1. The summed E-state index contributed by atoms with van der Waals surface area (Å²) in [6, 6.07) is 0.328. The van der Waals surface area contributed by atoms with Gasteiger partial charge in [-0.05, 0) is 34.3 Å². The number of aromatic nitrogens is 1. The molecular weight excluding hydrogens is 283 g/mol. The average molecular weight is 303 g/mol. The molecule has 1 aromatic rings. The lowest BCUT2D eigenvalue weighted by Crippen LogP contribution is -2.24. The molecule has 2 nitrogen and oxygen atoms in total. The van der Waals surface area contributed by atoms with E-state index in [4.69, 9.17) is 0 Å². The first-order valence-corrected chi connectivity index (χ1v) is 6.71. The first-order valence-electron chi connectivity index (χ1n) is 5.92. The average Bonchev–Trinajstić information content (AvgIpc) is 2.20. The normalized spacial score (nSPS) is 11.6. The Morgan fingerprint density at radius 3 is 2.35 bits per heavy atom. The van der Waals surface area contributed by atoms with Crippen molar-refractivity contribution in [1.82, 2.24) is 10.3 Å². The molecule has 0 aliphatic carbocycles. The molecule has 1 rings (SSSR count). The molecule has 1 aromatic heterocycles. The van der Waals surface area contributed by atoms with Crippen molar-refractivity contribution in [3.63, 3.8) is 0 Å². The van der Waals surface area contributed by atoms with Gasteiger partial charge >= 0.3 is 0 Å². The van der Waals surface area contributed by atoms with E-state index in [-0.39, 0.29) is 11.9 Å². The number of aryl methyl sites for hydroxylation is 1. The highest BCUT2D eigenvalue weighted by molar-refractivity contribution is 9.10. The molecule has 1 N–H and O–H groups in total. The van der Waals surface area contributed by atoms with Gasteiger partial charge in [0.15, 0.2) is 0 Å². The van der Waals surface area contributed by atoms with Gasteiger partial charge in [0.05, 0.1) is 5.69 Å². The van der Waals surface area contributed by atoms with Crippen LogP contribution in [0.2, 0.25) is 0 Å². The lowest BCUT2D eigenvalue weighted by atomic mass is 9.97. The number of nitrogens with one attached hydrogen (secondary N) is 1. The molecule has 0 saturated heterocycles. The molecule has 17 heavy (non-hydrogen) atoms. The lowest BCUT2D eigenvalue weighted by Gasteiger charge is -2.18. The van der Waals surface area contributed by atoms with Gasteiger partial charge in [0.2, 0.25) is 5.95 Å². The van der Waals surface area contributed by atoms with Gasteiger partial charge in [-0.2, -0.15) is 4.39 Å². The van der Waals surface area contributed by atoms with Gasteiger partial charge in [0.25, 0.3) is 0 Å². The van der Waals surface area contributed by atoms with Crippen LogP contribution in [0, 0.1) is 12.9 Å². The summed E-state index contributed by atoms with van der Waals surface area (Å²) in [5, 5.41) is 3.24. The molecule has 0 atom stereocenters. The summed E-state index contributed by atoms with van der Waals surface area (Å²) in [5.74, 6) is -0.0907. The van der Waals surface area contributed by atoms with Crippen LogP contribution in [-0.2, 0) is 6.54 Å². The Kier molecular flexibility index (Phi) is 5.07. The summed E-state index contributed by atoms with van der Waals surface area (Å²) in [7, 11) is 0. The summed E-state index contributed by atoms with van der Waals surface area (Å²) in [5.41, 5.74) is 2.40. The lowest BCUT2D eigenvalue weighted by molar-refractivity contribution is 0.520. The molecule has 0 fully saturated rings. The maximum atomic E-state index is 13.9. The zero-order valence-corrected chi connectivity index (χ0v) is 12.7. The standard InChI is InChI=1S/C13H20BrFN2/c1-7(2)11-10(6-16-8(3)4)13(15)17-9(5)12(11)14/h7-8,16H,6H2,1-5H3. The highest BCUT2D eigenvalue weighted by atomic mass is 79.9. The molecule has 0 unspecified atom stereocenters. The van der Waals surface area contributed by atoms with E-state index in [0.29, 0.717) is 23.8 Å². The predicted molar refractivity (Wildman–Crippen MR) is 72.7 cm³/mol. The molecule has 0 aliphatic heterocycles. The van der Waals surface area contributed by atoms with Crippen LogP contribution in [0.15, 0.2) is 4.47 Å². The number of pyridine rings is 1. The zero-order valence-electron chi connectivity index (χ0n) is 11.1. The minimum Gasteiger partial charge on any atom is -0.310 e. The molecule has 1 heterocycles. The van der Waals surface area contributed by atoms with Gasteiger partial charge in [-0.3, -0.25) is 0 Å². The van der Waals surface area contributed by atoms with Crippen molar-refractivity contribution >= 4 is 15.9 Å². The third-order valence-corrected chi connectivity index (χ3v) is 3.66. The largest absolute Gasteiger partial charge is 0.310 e. The molecule has 0 spiro atoms. The quantitative estimate of drug-likeness (QED) is 0.853. The van der Waals surface area contributed by atoms with E-state index in [1.54, 1.807) is 0 Å². The molecule has 0 aromatic carbocycles. The van der Waals surface area contributed by atoms with Crippen molar-refractivity contribution in [2.45, 2.75) is 53.1 Å². The third kappa shape index (κ3) is 3.49. The van der Waals surface area contributed by atoms with Gasteiger partial charge in [-0.25, -0.2) is 4.98 Å². The second-order valence-electron chi connectivity index (χ2n) is 4.88. The Morgan fingerprint density at radius 1 is 1.29 bits per heavy atom. The van der Waals surface area contributed by atoms with E-state index in [9.17, 15) is 4.39 Å². The van der Waals surface area contributed by atoms with E-state index in [0.717, 1.165) is 10.0 Å². The second-order valence-corrected chi connectivity index (χ2v) is 5.68. The van der Waals surface area contributed by atoms with E-state index in [1.165, 1.54) is 0 Å². The Labute approximate surface area is 111 Å². The molecule has 0 saturated carbocycles. The Hall–Kier alpha value is -0.480. The zero-order chi connectivity index (χ0) is 13.2. The molecule has 0 bridgehead atoms. The number of hydrogen-bond acceptors (Lipinski definition) is 2. The van der Waals surface area contributed by atoms with Gasteiger partial charge in [0.1, 0.15) is 0 Å². The van der Waals surface area contributed by atoms with Gasteiger partial charge < -0.3 is 5.32 Å². The summed E-state index contributed by atoms with van der Waals surface area (Å²) >= 11 is 3.52. The smallest absolute Gasteiger partial charge is 0.217 e. The third-order valence-electron chi connectivity index (χ3n) is 2.66. The van der Waals surface area contributed by atoms with Crippen LogP contribution in [0.5, 0.6) is 0 Å². The first kappa shape index (κ1) is 14.6. The van der Waals surface area contributed by atoms with Crippen LogP contribution in [-0.4, -0.2) is 11.0 Å². The van der Waals surface area contributed by atoms with Crippen molar-refractivity contribution in [3.05, 3.63) is 27.2 Å². The van der Waals surface area contributed by atoms with E-state index >= 15 is 0 Å². The van der Waals surface area contributed by atoms with Crippen LogP contribution < -0.4 is 5.32 Å². The van der Waals surface area contributed by atoms with Crippen LogP contribution in [0.4, 0.5) is 4.39 Å². The van der Waals surface area contributed by atoms with Crippen molar-refractivity contribution in [2.24, 2.45) is 0 Å². The molecule has 0 radical (unpaired) electrons. The first-order chi connectivity index (χ1) is 7.84. The minimum absolute atomic E-state index is 0.268.